The number of rotatable bonds is 7. The van der Waals surface area contributed by atoms with Crippen LogP contribution in [0.25, 0.3) is 11.4 Å². The molecule has 0 aliphatic carbocycles. The molecule has 0 fully saturated rings. The summed E-state index contributed by atoms with van der Waals surface area (Å²) in [5, 5.41) is 12.2. The van der Waals surface area contributed by atoms with Crippen LogP contribution in [0.3, 0.4) is 0 Å². The minimum atomic E-state index is -0.363. The largest absolute Gasteiger partial charge is 0.497 e. The first-order valence-electron chi connectivity index (χ1n) is 9.10. The number of anilines is 1. The highest BCUT2D eigenvalue weighted by molar-refractivity contribution is 7.09. The van der Waals surface area contributed by atoms with Gasteiger partial charge in [0.05, 0.1) is 24.8 Å². The number of benzene rings is 2. The van der Waals surface area contributed by atoms with Gasteiger partial charge in [-0.2, -0.15) is 4.98 Å². The van der Waals surface area contributed by atoms with Crippen molar-refractivity contribution in [1.29, 1.82) is 0 Å². The lowest BCUT2D eigenvalue weighted by Gasteiger charge is -2.07. The fourth-order valence-corrected chi connectivity index (χ4v) is 3.67. The van der Waals surface area contributed by atoms with E-state index in [9.17, 15) is 4.79 Å². The standard InChI is InChI=1S/C21H19N5O3S/c1-28-14-8-9-15(17(11-14)29-2)19-23-21(26-25-19)24-20(27)16-12-30-18(22-16)10-13-6-4-3-5-7-13/h3-9,11-12H,10H2,1-2H3,(H2,23,24,25,26,27). The fraction of sp³-hybridized carbons (Fsp3) is 0.143. The molecule has 2 aromatic heterocycles. The smallest absolute Gasteiger partial charge is 0.277 e. The molecule has 4 rings (SSSR count). The average molecular weight is 421 g/mol. The summed E-state index contributed by atoms with van der Waals surface area (Å²) in [6, 6.07) is 15.3. The summed E-state index contributed by atoms with van der Waals surface area (Å²) in [4.78, 5) is 21.3. The summed E-state index contributed by atoms with van der Waals surface area (Å²) in [6.07, 6.45) is 0.681. The van der Waals surface area contributed by atoms with Gasteiger partial charge < -0.3 is 9.47 Å². The lowest BCUT2D eigenvalue weighted by Crippen LogP contribution is -2.13. The Balaban J connectivity index is 1.46. The molecule has 0 aliphatic heterocycles. The van der Waals surface area contributed by atoms with E-state index in [1.165, 1.54) is 11.3 Å². The second-order valence-corrected chi connectivity index (χ2v) is 7.26. The highest BCUT2D eigenvalue weighted by Crippen LogP contribution is 2.31. The fourth-order valence-electron chi connectivity index (χ4n) is 2.86. The Morgan fingerprint density at radius 1 is 1.10 bits per heavy atom. The molecule has 8 nitrogen and oxygen atoms in total. The van der Waals surface area contributed by atoms with E-state index in [-0.39, 0.29) is 11.9 Å². The molecule has 4 aromatic rings. The highest BCUT2D eigenvalue weighted by Gasteiger charge is 2.16. The van der Waals surface area contributed by atoms with E-state index in [2.05, 4.69) is 25.5 Å². The first-order chi connectivity index (χ1) is 14.7. The third-order valence-corrected chi connectivity index (χ3v) is 5.21. The van der Waals surface area contributed by atoms with Gasteiger partial charge in [0.1, 0.15) is 17.2 Å². The van der Waals surface area contributed by atoms with Crippen LogP contribution in [-0.2, 0) is 6.42 Å². The highest BCUT2D eigenvalue weighted by atomic mass is 32.1. The minimum absolute atomic E-state index is 0.158. The molecule has 0 atom stereocenters. The van der Waals surface area contributed by atoms with Crippen LogP contribution in [0.5, 0.6) is 11.5 Å². The van der Waals surface area contributed by atoms with Gasteiger partial charge in [-0.1, -0.05) is 30.3 Å². The zero-order valence-corrected chi connectivity index (χ0v) is 17.2. The summed E-state index contributed by atoms with van der Waals surface area (Å²) >= 11 is 1.44. The molecule has 0 spiro atoms. The molecular formula is C21H19N5O3S. The van der Waals surface area contributed by atoms with Crippen molar-refractivity contribution >= 4 is 23.2 Å². The molecule has 0 radical (unpaired) electrons. The van der Waals surface area contributed by atoms with Crippen LogP contribution in [0, 0.1) is 0 Å². The Kier molecular flexibility index (Phi) is 5.71. The van der Waals surface area contributed by atoms with Crippen molar-refractivity contribution in [3.63, 3.8) is 0 Å². The predicted octanol–water partition coefficient (Wildman–Crippen LogP) is 3.79. The second-order valence-electron chi connectivity index (χ2n) is 6.32. The molecule has 30 heavy (non-hydrogen) atoms. The predicted molar refractivity (Wildman–Crippen MR) is 114 cm³/mol. The first-order valence-corrected chi connectivity index (χ1v) is 9.98. The number of ether oxygens (including phenoxy) is 2. The van der Waals surface area contributed by atoms with Crippen LogP contribution in [0.2, 0.25) is 0 Å². The van der Waals surface area contributed by atoms with E-state index in [4.69, 9.17) is 9.47 Å². The van der Waals surface area contributed by atoms with Crippen molar-refractivity contribution in [1.82, 2.24) is 20.2 Å². The van der Waals surface area contributed by atoms with Crippen LogP contribution in [0.4, 0.5) is 5.95 Å². The van der Waals surface area contributed by atoms with Crippen molar-refractivity contribution in [2.24, 2.45) is 0 Å². The molecule has 2 aromatic carbocycles. The monoisotopic (exact) mass is 421 g/mol. The number of carbonyl (C=O) groups excluding carboxylic acids is 1. The van der Waals surface area contributed by atoms with Gasteiger partial charge in [-0.15, -0.1) is 16.4 Å². The molecule has 2 heterocycles. The summed E-state index contributed by atoms with van der Waals surface area (Å²) in [6.45, 7) is 0. The number of hydrogen-bond acceptors (Lipinski definition) is 7. The molecule has 0 saturated carbocycles. The molecule has 0 unspecified atom stereocenters. The van der Waals surface area contributed by atoms with Crippen molar-refractivity contribution in [2.75, 3.05) is 19.5 Å². The Hall–Kier alpha value is -3.72. The Morgan fingerprint density at radius 2 is 1.93 bits per heavy atom. The van der Waals surface area contributed by atoms with Crippen LogP contribution in [0.15, 0.2) is 53.9 Å². The average Bonchev–Trinajstić information content (AvgIpc) is 3.44. The number of methoxy groups -OCH3 is 2. The second kappa shape index (κ2) is 8.75. The van der Waals surface area contributed by atoms with Gasteiger partial charge in [0, 0.05) is 17.9 Å². The number of H-pyrrole nitrogens is 1. The summed E-state index contributed by atoms with van der Waals surface area (Å²) in [7, 11) is 3.15. The lowest BCUT2D eigenvalue weighted by molar-refractivity contribution is 0.102. The molecular weight excluding hydrogens is 402 g/mol. The zero-order valence-electron chi connectivity index (χ0n) is 16.4. The van der Waals surface area contributed by atoms with E-state index in [0.717, 1.165) is 10.6 Å². The molecule has 2 N–H and O–H groups in total. The van der Waals surface area contributed by atoms with E-state index in [1.54, 1.807) is 37.8 Å². The van der Waals surface area contributed by atoms with Crippen molar-refractivity contribution < 1.29 is 14.3 Å². The number of carbonyl (C=O) groups is 1. The Bertz CT molecular complexity index is 1160. The summed E-state index contributed by atoms with van der Waals surface area (Å²) in [5.41, 5.74) is 2.18. The number of aromatic amines is 1. The topological polar surface area (TPSA) is 102 Å². The maximum atomic E-state index is 12.5. The number of nitrogens with one attached hydrogen (secondary N) is 2. The van der Waals surface area contributed by atoms with Crippen LogP contribution in [0.1, 0.15) is 21.1 Å². The van der Waals surface area contributed by atoms with Crippen molar-refractivity contribution in [3.8, 4) is 22.9 Å². The van der Waals surface area contributed by atoms with Gasteiger partial charge in [-0.05, 0) is 17.7 Å². The normalized spacial score (nSPS) is 10.6. The van der Waals surface area contributed by atoms with Crippen LogP contribution >= 0.6 is 11.3 Å². The molecule has 0 bridgehead atoms. The summed E-state index contributed by atoms with van der Waals surface area (Å²) in [5.74, 6) is 1.50. The van der Waals surface area contributed by atoms with Crippen molar-refractivity contribution in [2.45, 2.75) is 6.42 Å². The van der Waals surface area contributed by atoms with Gasteiger partial charge in [0.2, 0.25) is 5.95 Å². The van der Waals surface area contributed by atoms with Crippen LogP contribution in [-0.4, -0.2) is 40.3 Å². The Morgan fingerprint density at radius 3 is 2.70 bits per heavy atom. The molecule has 0 saturated heterocycles. The van der Waals surface area contributed by atoms with Crippen LogP contribution < -0.4 is 14.8 Å². The summed E-state index contributed by atoms with van der Waals surface area (Å²) < 4.78 is 10.6. The van der Waals surface area contributed by atoms with Gasteiger partial charge >= 0.3 is 0 Å². The number of hydrogen-bond donors (Lipinski definition) is 2. The maximum absolute atomic E-state index is 12.5. The zero-order chi connectivity index (χ0) is 20.9. The molecule has 1 amide bonds. The van der Waals surface area contributed by atoms with E-state index < -0.39 is 0 Å². The van der Waals surface area contributed by atoms with E-state index >= 15 is 0 Å². The minimum Gasteiger partial charge on any atom is -0.497 e. The van der Waals surface area contributed by atoms with Gasteiger partial charge in [0.25, 0.3) is 5.91 Å². The van der Waals surface area contributed by atoms with Crippen molar-refractivity contribution in [3.05, 3.63) is 70.2 Å². The molecule has 0 aliphatic rings. The molecule has 152 valence electrons. The quantitative estimate of drug-likeness (QED) is 0.471. The third-order valence-electron chi connectivity index (χ3n) is 4.36. The van der Waals surface area contributed by atoms with Gasteiger partial charge in [-0.25, -0.2) is 4.98 Å². The number of nitrogens with zero attached hydrogens (tertiary/aromatic N) is 3. The first kappa shape index (κ1) is 19.6. The number of thiazole rings is 1. The number of amides is 1. The van der Waals surface area contributed by atoms with E-state index in [0.29, 0.717) is 35.0 Å². The van der Waals surface area contributed by atoms with Gasteiger partial charge in [0.15, 0.2) is 5.82 Å². The SMILES string of the molecule is COc1ccc(-c2nc(NC(=O)c3csc(Cc4ccccc4)n3)n[nH]2)c(OC)c1. The number of aromatic nitrogens is 4. The molecule has 9 heteroatoms. The third kappa shape index (κ3) is 4.31. The lowest BCUT2D eigenvalue weighted by atomic mass is 10.2. The van der Waals surface area contributed by atoms with E-state index in [1.807, 2.05) is 30.3 Å². The maximum Gasteiger partial charge on any atom is 0.277 e. The Labute approximate surface area is 176 Å². The van der Waals surface area contributed by atoms with Gasteiger partial charge in [-0.3, -0.25) is 15.2 Å².